The summed E-state index contributed by atoms with van der Waals surface area (Å²) in [6.45, 7) is -0.718. The highest BCUT2D eigenvalue weighted by Crippen LogP contribution is 2.36. The summed E-state index contributed by atoms with van der Waals surface area (Å²) in [7, 11) is 0. The second-order valence-corrected chi connectivity index (χ2v) is 3.69. The SMILES string of the molecule is OCC1ON=C(c2ccccc2)C1C(F)(F)F. The summed E-state index contributed by atoms with van der Waals surface area (Å²) in [6, 6.07) is 8.00. The maximum Gasteiger partial charge on any atom is 0.401 e. The summed E-state index contributed by atoms with van der Waals surface area (Å²) in [4.78, 5) is 4.63. The van der Waals surface area contributed by atoms with Gasteiger partial charge in [0.25, 0.3) is 0 Å². The monoisotopic (exact) mass is 245 g/mol. The third-order valence-electron chi connectivity index (χ3n) is 2.55. The second-order valence-electron chi connectivity index (χ2n) is 3.69. The molecule has 0 fully saturated rings. The summed E-state index contributed by atoms with van der Waals surface area (Å²) in [5.41, 5.74) is 0.169. The molecule has 1 aliphatic rings. The van der Waals surface area contributed by atoms with Gasteiger partial charge in [-0.2, -0.15) is 13.2 Å². The lowest BCUT2D eigenvalue weighted by molar-refractivity contribution is -0.181. The van der Waals surface area contributed by atoms with E-state index in [9.17, 15) is 13.2 Å². The molecule has 0 spiro atoms. The van der Waals surface area contributed by atoms with Gasteiger partial charge >= 0.3 is 6.18 Å². The van der Waals surface area contributed by atoms with Gasteiger partial charge in [-0.3, -0.25) is 0 Å². The van der Waals surface area contributed by atoms with Crippen LogP contribution in [0, 0.1) is 5.92 Å². The molecule has 0 amide bonds. The molecule has 1 aromatic rings. The molecule has 92 valence electrons. The standard InChI is InChI=1S/C11H10F3NO2/c12-11(13,14)9-8(6-16)17-15-10(9)7-4-2-1-3-5-7/h1-5,8-9,16H,6H2. The highest BCUT2D eigenvalue weighted by molar-refractivity contribution is 6.03. The third kappa shape index (κ3) is 2.26. The van der Waals surface area contributed by atoms with Crippen LogP contribution in [0.2, 0.25) is 0 Å². The first kappa shape index (κ1) is 11.9. The van der Waals surface area contributed by atoms with E-state index < -0.39 is 24.8 Å². The van der Waals surface area contributed by atoms with E-state index in [1.54, 1.807) is 18.2 Å². The fourth-order valence-electron chi connectivity index (χ4n) is 1.76. The first-order valence-corrected chi connectivity index (χ1v) is 5.00. The van der Waals surface area contributed by atoms with Gasteiger partial charge in [0.1, 0.15) is 11.6 Å². The van der Waals surface area contributed by atoms with Gasteiger partial charge in [-0.25, -0.2) is 0 Å². The molecule has 2 rings (SSSR count). The minimum atomic E-state index is -4.49. The van der Waals surface area contributed by atoms with E-state index in [1.807, 2.05) is 0 Å². The van der Waals surface area contributed by atoms with Gasteiger partial charge in [0.15, 0.2) is 6.10 Å². The molecule has 0 aliphatic carbocycles. The van der Waals surface area contributed by atoms with Gasteiger partial charge in [0, 0.05) is 5.56 Å². The number of alkyl halides is 3. The van der Waals surface area contributed by atoms with Crippen molar-refractivity contribution in [1.29, 1.82) is 0 Å². The van der Waals surface area contributed by atoms with Crippen LogP contribution in [0.15, 0.2) is 35.5 Å². The third-order valence-corrected chi connectivity index (χ3v) is 2.55. The summed E-state index contributed by atoms with van der Waals surface area (Å²) < 4.78 is 38.6. The molecule has 0 saturated carbocycles. The lowest BCUT2D eigenvalue weighted by Crippen LogP contribution is -2.39. The molecule has 0 aromatic heterocycles. The largest absolute Gasteiger partial charge is 0.401 e. The van der Waals surface area contributed by atoms with Gasteiger partial charge in [-0.15, -0.1) is 0 Å². The van der Waals surface area contributed by atoms with E-state index in [2.05, 4.69) is 9.99 Å². The van der Waals surface area contributed by atoms with Crippen LogP contribution in [0.25, 0.3) is 0 Å². The Kier molecular flexibility index (Phi) is 3.06. The van der Waals surface area contributed by atoms with Gasteiger partial charge in [0.05, 0.1) is 6.61 Å². The molecule has 1 heterocycles. The molecule has 2 atom stereocenters. The van der Waals surface area contributed by atoms with Gasteiger partial charge in [0.2, 0.25) is 0 Å². The fourth-order valence-corrected chi connectivity index (χ4v) is 1.76. The van der Waals surface area contributed by atoms with Crippen molar-refractivity contribution in [2.24, 2.45) is 11.1 Å². The lowest BCUT2D eigenvalue weighted by Gasteiger charge is -2.19. The molecule has 1 N–H and O–H groups in total. The molecular weight excluding hydrogens is 235 g/mol. The molecule has 6 heteroatoms. The summed E-state index contributed by atoms with van der Waals surface area (Å²) in [5, 5.41) is 12.3. The van der Waals surface area contributed by atoms with Crippen molar-refractivity contribution < 1.29 is 23.1 Å². The quantitative estimate of drug-likeness (QED) is 0.865. The minimum Gasteiger partial charge on any atom is -0.392 e. The molecule has 0 radical (unpaired) electrons. The van der Waals surface area contributed by atoms with Gasteiger partial charge < -0.3 is 9.94 Å². The van der Waals surface area contributed by atoms with Crippen LogP contribution in [0.3, 0.4) is 0 Å². The zero-order chi connectivity index (χ0) is 12.5. The Labute approximate surface area is 95.5 Å². The number of hydrogen-bond acceptors (Lipinski definition) is 3. The summed E-state index contributed by atoms with van der Waals surface area (Å²) >= 11 is 0. The Bertz CT molecular complexity index is 416. The van der Waals surface area contributed by atoms with Crippen LogP contribution in [0.1, 0.15) is 5.56 Å². The molecule has 2 unspecified atom stereocenters. The topological polar surface area (TPSA) is 41.8 Å². The minimum absolute atomic E-state index is 0.183. The van der Waals surface area contributed by atoms with Crippen molar-refractivity contribution in [1.82, 2.24) is 0 Å². The number of nitrogens with zero attached hydrogens (tertiary/aromatic N) is 1. The predicted molar refractivity (Wildman–Crippen MR) is 54.5 cm³/mol. The van der Waals surface area contributed by atoms with E-state index in [1.165, 1.54) is 12.1 Å². The Morgan fingerprint density at radius 1 is 1.24 bits per heavy atom. The van der Waals surface area contributed by atoms with Crippen molar-refractivity contribution in [3.8, 4) is 0 Å². The highest BCUT2D eigenvalue weighted by atomic mass is 19.4. The lowest BCUT2D eigenvalue weighted by atomic mass is 9.92. The molecule has 0 bridgehead atoms. The Morgan fingerprint density at radius 3 is 2.41 bits per heavy atom. The van der Waals surface area contributed by atoms with Gasteiger partial charge in [-0.1, -0.05) is 35.5 Å². The Morgan fingerprint density at radius 2 is 1.88 bits per heavy atom. The molecule has 1 aromatic carbocycles. The number of hydrogen-bond donors (Lipinski definition) is 1. The molecule has 17 heavy (non-hydrogen) atoms. The number of rotatable bonds is 2. The van der Waals surface area contributed by atoms with Crippen LogP contribution in [-0.4, -0.2) is 29.7 Å². The first-order valence-electron chi connectivity index (χ1n) is 5.00. The molecular formula is C11H10F3NO2. The van der Waals surface area contributed by atoms with E-state index >= 15 is 0 Å². The molecule has 0 saturated heterocycles. The van der Waals surface area contributed by atoms with Crippen LogP contribution < -0.4 is 0 Å². The highest BCUT2D eigenvalue weighted by Gasteiger charge is 2.52. The molecule has 3 nitrogen and oxygen atoms in total. The summed E-state index contributed by atoms with van der Waals surface area (Å²) in [6.07, 6.45) is -5.84. The number of halogens is 3. The Hall–Kier alpha value is -1.56. The van der Waals surface area contributed by atoms with E-state index in [-0.39, 0.29) is 5.71 Å². The van der Waals surface area contributed by atoms with E-state index in [0.29, 0.717) is 5.56 Å². The van der Waals surface area contributed by atoms with Gasteiger partial charge in [-0.05, 0) is 0 Å². The van der Waals surface area contributed by atoms with E-state index in [4.69, 9.17) is 5.11 Å². The van der Waals surface area contributed by atoms with Crippen molar-refractivity contribution in [2.45, 2.75) is 12.3 Å². The average molecular weight is 245 g/mol. The first-order chi connectivity index (χ1) is 8.04. The van der Waals surface area contributed by atoms with Crippen molar-refractivity contribution in [3.05, 3.63) is 35.9 Å². The van der Waals surface area contributed by atoms with Crippen LogP contribution in [0.5, 0.6) is 0 Å². The predicted octanol–water partition coefficient (Wildman–Crippen LogP) is 1.96. The maximum absolute atomic E-state index is 12.9. The van der Waals surface area contributed by atoms with Crippen LogP contribution >= 0.6 is 0 Å². The number of oxime groups is 1. The second kappa shape index (κ2) is 4.37. The van der Waals surface area contributed by atoms with Crippen molar-refractivity contribution >= 4 is 5.71 Å². The number of aliphatic hydroxyl groups excluding tert-OH is 1. The summed E-state index contributed by atoms with van der Waals surface area (Å²) in [5.74, 6) is -1.88. The smallest absolute Gasteiger partial charge is 0.392 e. The Balaban J connectivity index is 2.35. The van der Waals surface area contributed by atoms with Crippen molar-refractivity contribution in [2.75, 3.05) is 6.61 Å². The fraction of sp³-hybridized carbons (Fsp3) is 0.364. The van der Waals surface area contributed by atoms with Crippen LogP contribution in [-0.2, 0) is 4.84 Å². The van der Waals surface area contributed by atoms with Crippen LogP contribution in [0.4, 0.5) is 13.2 Å². The molecule has 1 aliphatic heterocycles. The number of benzene rings is 1. The van der Waals surface area contributed by atoms with Crippen molar-refractivity contribution in [3.63, 3.8) is 0 Å². The van der Waals surface area contributed by atoms with E-state index in [0.717, 1.165) is 0 Å². The normalized spacial score (nSPS) is 24.4. The zero-order valence-electron chi connectivity index (χ0n) is 8.69. The zero-order valence-corrected chi connectivity index (χ0v) is 8.69. The number of aliphatic hydroxyl groups is 1. The maximum atomic E-state index is 12.9. The average Bonchev–Trinajstić information content (AvgIpc) is 2.73.